The average molecular weight is 348 g/mol. The molecular formula is C19H34KNO2. The molecule has 23 heavy (non-hydrogen) atoms. The van der Waals surface area contributed by atoms with Gasteiger partial charge in [-0.2, -0.15) is 0 Å². The van der Waals surface area contributed by atoms with Crippen molar-refractivity contribution in [1.82, 2.24) is 4.90 Å². The molecule has 0 saturated carbocycles. The average Bonchev–Trinajstić information content (AvgIpc) is 2.50. The molecule has 0 heterocycles. The number of hydrogen-bond donors (Lipinski definition) is 0. The van der Waals surface area contributed by atoms with Crippen LogP contribution in [-0.4, -0.2) is 30.5 Å². The minimum absolute atomic E-state index is 0. The number of nitrogens with zero attached hydrogens (tertiary/aromatic N) is 1. The summed E-state index contributed by atoms with van der Waals surface area (Å²) < 4.78 is 0. The van der Waals surface area contributed by atoms with Crippen molar-refractivity contribution in [1.29, 1.82) is 0 Å². The van der Waals surface area contributed by atoms with Crippen LogP contribution in [0.5, 0.6) is 0 Å². The van der Waals surface area contributed by atoms with Gasteiger partial charge in [0.1, 0.15) is 0 Å². The van der Waals surface area contributed by atoms with Crippen LogP contribution in [0.25, 0.3) is 0 Å². The van der Waals surface area contributed by atoms with Gasteiger partial charge in [-0.3, -0.25) is 0 Å². The normalized spacial score (nSPS) is 11.4. The van der Waals surface area contributed by atoms with E-state index in [0.717, 1.165) is 38.8 Å². The summed E-state index contributed by atoms with van der Waals surface area (Å²) in [5.74, 6) is -0.957. The van der Waals surface area contributed by atoms with Crippen LogP contribution in [-0.2, 0) is 4.79 Å². The smallest absolute Gasteiger partial charge is 0.550 e. The van der Waals surface area contributed by atoms with Crippen LogP contribution in [0.3, 0.4) is 0 Å². The molecule has 3 nitrogen and oxygen atoms in total. The second-order valence-electron chi connectivity index (χ2n) is 5.77. The molecule has 4 heteroatoms. The van der Waals surface area contributed by atoms with Crippen LogP contribution in [0.1, 0.15) is 71.6 Å². The van der Waals surface area contributed by atoms with Gasteiger partial charge in [0.05, 0.1) is 0 Å². The molecule has 0 radical (unpaired) electrons. The van der Waals surface area contributed by atoms with Gasteiger partial charge in [0, 0.05) is 25.6 Å². The van der Waals surface area contributed by atoms with Crippen LogP contribution in [0.15, 0.2) is 24.3 Å². The molecule has 0 atom stereocenters. The number of aliphatic carboxylic acids is 1. The number of carbonyl (C=O) groups excluding carboxylic acids is 1. The van der Waals surface area contributed by atoms with E-state index in [2.05, 4.69) is 43.1 Å². The van der Waals surface area contributed by atoms with Crippen LogP contribution >= 0.6 is 0 Å². The molecule has 0 aliphatic rings. The Kier molecular flexibility index (Phi) is 23.1. The molecule has 0 bridgehead atoms. The monoisotopic (exact) mass is 347 g/mol. The Morgan fingerprint density at radius 3 is 1.65 bits per heavy atom. The molecule has 128 valence electrons. The molecule has 0 aromatic heterocycles. The number of allylic oxidation sites excluding steroid dienone is 2. The van der Waals surface area contributed by atoms with E-state index < -0.39 is 5.97 Å². The third-order valence-corrected chi connectivity index (χ3v) is 3.64. The van der Waals surface area contributed by atoms with Gasteiger partial charge in [-0.1, -0.05) is 63.8 Å². The maximum Gasteiger partial charge on any atom is 1.00 e. The molecule has 0 saturated heterocycles. The van der Waals surface area contributed by atoms with E-state index in [9.17, 15) is 9.90 Å². The molecule has 0 unspecified atom stereocenters. The largest absolute Gasteiger partial charge is 1.00 e. The molecule has 0 aliphatic carbocycles. The summed E-state index contributed by atoms with van der Waals surface area (Å²) in [4.78, 5) is 12.9. The van der Waals surface area contributed by atoms with Crippen molar-refractivity contribution in [3.05, 3.63) is 24.3 Å². The van der Waals surface area contributed by atoms with Gasteiger partial charge in [-0.05, 0) is 32.1 Å². The molecule has 0 aromatic rings. The van der Waals surface area contributed by atoms with E-state index in [0.29, 0.717) is 6.54 Å². The summed E-state index contributed by atoms with van der Waals surface area (Å²) in [6.07, 6.45) is 18.3. The first-order valence-corrected chi connectivity index (χ1v) is 8.92. The molecule has 0 fully saturated rings. The second-order valence-corrected chi connectivity index (χ2v) is 5.77. The van der Waals surface area contributed by atoms with Gasteiger partial charge in [0.25, 0.3) is 0 Å². The maximum atomic E-state index is 10.6. The van der Waals surface area contributed by atoms with Crippen molar-refractivity contribution in [2.45, 2.75) is 71.6 Å². The first-order chi connectivity index (χ1) is 10.7. The van der Waals surface area contributed by atoms with Crippen molar-refractivity contribution >= 4 is 5.97 Å². The summed E-state index contributed by atoms with van der Waals surface area (Å²) >= 11 is 0. The standard InChI is InChI=1S/C19H35NO2.K/c1-3-5-7-9-11-13-16-20(18-15-19(21)22)17-14-12-10-8-6-4-2;/h9-12H,3-8,13-18H2,1-2H3,(H,21,22);/q;+1/p-1/b11-9+,12-10+;. The van der Waals surface area contributed by atoms with Crippen LogP contribution in [0, 0.1) is 0 Å². The van der Waals surface area contributed by atoms with Crippen LogP contribution in [0.2, 0.25) is 0 Å². The number of rotatable bonds is 15. The molecule has 0 aliphatic heterocycles. The zero-order chi connectivity index (χ0) is 16.5. The zero-order valence-electron chi connectivity index (χ0n) is 15.6. The van der Waals surface area contributed by atoms with Crippen molar-refractivity contribution < 1.29 is 61.3 Å². The number of carboxylic acid groups (broad SMARTS) is 1. The van der Waals surface area contributed by atoms with Gasteiger partial charge in [0.15, 0.2) is 0 Å². The predicted octanol–water partition coefficient (Wildman–Crippen LogP) is 0.705. The Morgan fingerprint density at radius 2 is 1.26 bits per heavy atom. The fraction of sp³-hybridized carbons (Fsp3) is 0.737. The van der Waals surface area contributed by atoms with Gasteiger partial charge < -0.3 is 14.8 Å². The first-order valence-electron chi connectivity index (χ1n) is 8.92. The minimum atomic E-state index is -0.957. The third kappa shape index (κ3) is 20.5. The quantitative estimate of drug-likeness (QED) is 0.249. The van der Waals surface area contributed by atoms with Crippen molar-refractivity contribution in [3.8, 4) is 0 Å². The third-order valence-electron chi connectivity index (χ3n) is 3.64. The first kappa shape index (κ1) is 25.8. The number of hydrogen-bond acceptors (Lipinski definition) is 3. The molecule has 0 N–H and O–H groups in total. The van der Waals surface area contributed by atoms with Gasteiger partial charge in [-0.15, -0.1) is 0 Å². The van der Waals surface area contributed by atoms with Crippen molar-refractivity contribution in [3.63, 3.8) is 0 Å². The van der Waals surface area contributed by atoms with E-state index >= 15 is 0 Å². The summed E-state index contributed by atoms with van der Waals surface area (Å²) in [7, 11) is 0. The maximum absolute atomic E-state index is 10.6. The van der Waals surface area contributed by atoms with E-state index in [-0.39, 0.29) is 57.8 Å². The summed E-state index contributed by atoms with van der Waals surface area (Å²) in [5, 5.41) is 10.6. The Balaban J connectivity index is 0. The fourth-order valence-corrected chi connectivity index (χ4v) is 2.21. The molecule has 0 rings (SSSR count). The van der Waals surface area contributed by atoms with Gasteiger partial charge in [-0.25, -0.2) is 0 Å². The van der Waals surface area contributed by atoms with E-state index in [1.807, 2.05) is 0 Å². The number of unbranched alkanes of at least 4 members (excludes halogenated alkanes) is 4. The summed E-state index contributed by atoms with van der Waals surface area (Å²) in [6, 6.07) is 0. The van der Waals surface area contributed by atoms with E-state index in [4.69, 9.17) is 0 Å². The van der Waals surface area contributed by atoms with Gasteiger partial charge >= 0.3 is 51.4 Å². The SMILES string of the molecule is CCCC/C=C/CCN(CC/C=C/CCCC)CCC(=O)[O-].[K+]. The number of carboxylic acids is 1. The Bertz CT molecular complexity index is 294. The number of carbonyl (C=O) groups is 1. The van der Waals surface area contributed by atoms with Crippen molar-refractivity contribution in [2.24, 2.45) is 0 Å². The van der Waals surface area contributed by atoms with Crippen molar-refractivity contribution in [2.75, 3.05) is 19.6 Å². The molecule has 0 aromatic carbocycles. The molecular weight excluding hydrogens is 313 g/mol. The molecule has 0 spiro atoms. The van der Waals surface area contributed by atoms with Crippen LogP contribution < -0.4 is 56.5 Å². The Hall–Kier alpha value is 0.546. The van der Waals surface area contributed by atoms with E-state index in [1.165, 1.54) is 25.7 Å². The zero-order valence-corrected chi connectivity index (χ0v) is 18.7. The second kappa shape index (κ2) is 20.6. The minimum Gasteiger partial charge on any atom is -0.550 e. The van der Waals surface area contributed by atoms with Gasteiger partial charge in [0.2, 0.25) is 0 Å². The predicted molar refractivity (Wildman–Crippen MR) is 92.6 cm³/mol. The summed E-state index contributed by atoms with van der Waals surface area (Å²) in [5.41, 5.74) is 0. The Labute approximate surface area is 186 Å². The molecule has 0 amide bonds. The van der Waals surface area contributed by atoms with Crippen LogP contribution in [0.4, 0.5) is 0 Å². The fourth-order valence-electron chi connectivity index (χ4n) is 2.21. The van der Waals surface area contributed by atoms with E-state index in [1.54, 1.807) is 0 Å². The Morgan fingerprint density at radius 1 is 0.826 bits per heavy atom. The topological polar surface area (TPSA) is 43.4 Å². The summed E-state index contributed by atoms with van der Waals surface area (Å²) in [6.45, 7) is 6.85.